The number of carbonyl (C=O) groups excluding carboxylic acids is 2. The van der Waals surface area contributed by atoms with Crippen LogP contribution in [0.5, 0.6) is 0 Å². The zero-order chi connectivity index (χ0) is 14.5. The van der Waals surface area contributed by atoms with Crippen molar-refractivity contribution in [2.45, 2.75) is 58.4 Å². The average Bonchev–Trinajstić information content (AvgIpc) is 2.86. The minimum atomic E-state index is -0.381. The zero-order valence-corrected chi connectivity index (χ0v) is 12.2. The molecule has 0 aromatic carbocycles. The van der Waals surface area contributed by atoms with E-state index in [0.29, 0.717) is 12.1 Å². The van der Waals surface area contributed by atoms with Crippen LogP contribution < -0.4 is 0 Å². The second-order valence-electron chi connectivity index (χ2n) is 7.03. The molecule has 1 aliphatic carbocycles. The minimum Gasteiger partial charge on any atom is -0.361 e. The summed E-state index contributed by atoms with van der Waals surface area (Å²) in [7, 11) is 0. The molecule has 1 saturated carbocycles. The molecule has 5 nitrogen and oxygen atoms in total. The lowest BCUT2D eigenvalue weighted by molar-refractivity contribution is -0.144. The molecule has 1 aromatic rings. The molecule has 0 bridgehead atoms. The number of carbonyl (C=O) groups is 2. The van der Waals surface area contributed by atoms with Crippen LogP contribution in [0, 0.1) is 5.41 Å². The van der Waals surface area contributed by atoms with Gasteiger partial charge in [0.25, 0.3) is 0 Å². The van der Waals surface area contributed by atoms with Crippen molar-refractivity contribution in [1.82, 2.24) is 10.1 Å². The third-order valence-electron chi connectivity index (χ3n) is 4.42. The van der Waals surface area contributed by atoms with E-state index < -0.39 is 0 Å². The van der Waals surface area contributed by atoms with Crippen LogP contribution in [0.2, 0.25) is 0 Å². The maximum atomic E-state index is 12.4. The molecule has 0 N–H and O–H groups in total. The molecule has 1 saturated heterocycles. The van der Waals surface area contributed by atoms with Crippen LogP contribution in [-0.2, 0) is 21.5 Å². The lowest BCUT2D eigenvalue weighted by Crippen LogP contribution is -2.39. The van der Waals surface area contributed by atoms with Gasteiger partial charge in [0.15, 0.2) is 0 Å². The van der Waals surface area contributed by atoms with Gasteiger partial charge in [-0.25, -0.2) is 0 Å². The normalized spacial score (nSPS) is 21.6. The lowest BCUT2D eigenvalue weighted by Gasteiger charge is -2.34. The quantitative estimate of drug-likeness (QED) is 0.778. The van der Waals surface area contributed by atoms with E-state index >= 15 is 0 Å². The second kappa shape index (κ2) is 4.17. The summed E-state index contributed by atoms with van der Waals surface area (Å²) in [5.41, 5.74) is 0.139. The fourth-order valence-electron chi connectivity index (χ4n) is 2.92. The van der Waals surface area contributed by atoms with Crippen LogP contribution in [0.15, 0.2) is 10.6 Å². The molecule has 1 aromatic heterocycles. The Kier molecular flexibility index (Phi) is 2.78. The van der Waals surface area contributed by atoms with Crippen LogP contribution in [0.25, 0.3) is 0 Å². The number of nitrogens with zero attached hydrogens (tertiary/aromatic N) is 2. The van der Waals surface area contributed by atoms with Crippen LogP contribution in [-0.4, -0.2) is 21.9 Å². The van der Waals surface area contributed by atoms with Crippen molar-refractivity contribution >= 4 is 11.8 Å². The van der Waals surface area contributed by atoms with Crippen LogP contribution in [0.4, 0.5) is 0 Å². The molecule has 0 atom stereocenters. The van der Waals surface area contributed by atoms with Gasteiger partial charge in [0, 0.05) is 17.9 Å². The van der Waals surface area contributed by atoms with Crippen molar-refractivity contribution in [2.24, 2.45) is 5.41 Å². The molecule has 20 heavy (non-hydrogen) atoms. The minimum absolute atomic E-state index is 0.0194. The van der Waals surface area contributed by atoms with E-state index in [4.69, 9.17) is 4.52 Å². The molecule has 5 heteroatoms. The third-order valence-corrected chi connectivity index (χ3v) is 4.42. The van der Waals surface area contributed by atoms with Crippen LogP contribution in [0.1, 0.15) is 57.9 Å². The number of rotatable bonds is 2. The molecule has 1 spiro atoms. The average molecular weight is 276 g/mol. The molecule has 2 amide bonds. The molecule has 0 unspecified atom stereocenters. The van der Waals surface area contributed by atoms with E-state index in [1.54, 1.807) is 0 Å². The standard InChI is InChI=1S/C15H20N2O3/c1-14(2,3)11-7-10(16-20-11)9-17-12(18)8-15(13(17)19)5-4-6-15/h7H,4-6,8-9H2,1-3H3. The fraction of sp³-hybridized carbons (Fsp3) is 0.667. The fourth-order valence-corrected chi connectivity index (χ4v) is 2.92. The smallest absolute Gasteiger partial charge is 0.236 e. The first-order valence-corrected chi connectivity index (χ1v) is 7.13. The second-order valence-corrected chi connectivity index (χ2v) is 7.03. The Morgan fingerprint density at radius 1 is 1.35 bits per heavy atom. The molecule has 0 radical (unpaired) electrons. The number of aromatic nitrogens is 1. The van der Waals surface area contributed by atoms with E-state index in [1.807, 2.05) is 26.8 Å². The predicted octanol–water partition coefficient (Wildman–Crippen LogP) is 2.40. The van der Waals surface area contributed by atoms with Crippen molar-refractivity contribution in [3.8, 4) is 0 Å². The molecule has 2 fully saturated rings. The monoisotopic (exact) mass is 276 g/mol. The molecular weight excluding hydrogens is 256 g/mol. The number of imide groups is 1. The number of hydrogen-bond donors (Lipinski definition) is 0. The Morgan fingerprint density at radius 2 is 2.05 bits per heavy atom. The van der Waals surface area contributed by atoms with Crippen molar-refractivity contribution < 1.29 is 14.1 Å². The first-order valence-electron chi connectivity index (χ1n) is 7.13. The van der Waals surface area contributed by atoms with Gasteiger partial charge < -0.3 is 4.52 Å². The summed E-state index contributed by atoms with van der Waals surface area (Å²) in [6.07, 6.45) is 3.11. The summed E-state index contributed by atoms with van der Waals surface area (Å²) in [4.78, 5) is 25.8. The van der Waals surface area contributed by atoms with Crippen molar-refractivity contribution in [3.63, 3.8) is 0 Å². The highest BCUT2D eigenvalue weighted by Gasteiger charge is 2.54. The van der Waals surface area contributed by atoms with E-state index in [2.05, 4.69) is 5.16 Å². The summed E-state index contributed by atoms with van der Waals surface area (Å²) in [5, 5.41) is 3.99. The SMILES string of the molecule is CC(C)(C)c1cc(CN2C(=O)CC3(CCC3)C2=O)no1. The summed E-state index contributed by atoms with van der Waals surface area (Å²) in [5.74, 6) is 0.675. The Hall–Kier alpha value is -1.65. The predicted molar refractivity (Wildman–Crippen MR) is 71.7 cm³/mol. The maximum Gasteiger partial charge on any atom is 0.236 e. The van der Waals surface area contributed by atoms with Gasteiger partial charge in [0.2, 0.25) is 11.8 Å². The summed E-state index contributed by atoms with van der Waals surface area (Å²) < 4.78 is 5.30. The number of likely N-dealkylation sites (tertiary alicyclic amines) is 1. The Balaban J connectivity index is 1.76. The van der Waals surface area contributed by atoms with Gasteiger partial charge in [-0.15, -0.1) is 0 Å². The van der Waals surface area contributed by atoms with Gasteiger partial charge >= 0.3 is 0 Å². The van der Waals surface area contributed by atoms with E-state index in [0.717, 1.165) is 25.0 Å². The third kappa shape index (κ3) is 1.96. The topological polar surface area (TPSA) is 63.4 Å². The summed E-state index contributed by atoms with van der Waals surface area (Å²) in [6.45, 7) is 6.34. The molecule has 2 aliphatic rings. The summed E-state index contributed by atoms with van der Waals surface area (Å²) in [6, 6.07) is 1.84. The van der Waals surface area contributed by atoms with Crippen LogP contribution in [0.3, 0.4) is 0 Å². The first-order chi connectivity index (χ1) is 9.32. The first kappa shape index (κ1) is 13.3. The highest BCUT2D eigenvalue weighted by molar-refractivity contribution is 6.06. The lowest BCUT2D eigenvalue weighted by atomic mass is 9.68. The van der Waals surface area contributed by atoms with Crippen molar-refractivity contribution in [2.75, 3.05) is 0 Å². The Bertz CT molecular complexity index is 564. The molecule has 1 aliphatic heterocycles. The van der Waals surface area contributed by atoms with Crippen LogP contribution >= 0.6 is 0 Å². The maximum absolute atomic E-state index is 12.4. The molecular formula is C15H20N2O3. The zero-order valence-electron chi connectivity index (χ0n) is 12.2. The molecule has 2 heterocycles. The van der Waals surface area contributed by atoms with Gasteiger partial charge in [-0.2, -0.15) is 0 Å². The highest BCUT2D eigenvalue weighted by Crippen LogP contribution is 2.49. The van der Waals surface area contributed by atoms with Gasteiger partial charge in [-0.1, -0.05) is 32.3 Å². The van der Waals surface area contributed by atoms with E-state index in [1.165, 1.54) is 4.90 Å². The van der Waals surface area contributed by atoms with Crippen molar-refractivity contribution in [3.05, 3.63) is 17.5 Å². The Labute approximate surface area is 118 Å². The van der Waals surface area contributed by atoms with E-state index in [-0.39, 0.29) is 29.2 Å². The van der Waals surface area contributed by atoms with Gasteiger partial charge in [-0.3, -0.25) is 14.5 Å². The largest absolute Gasteiger partial charge is 0.361 e. The van der Waals surface area contributed by atoms with Gasteiger partial charge in [0.1, 0.15) is 11.5 Å². The van der Waals surface area contributed by atoms with E-state index in [9.17, 15) is 9.59 Å². The number of hydrogen-bond acceptors (Lipinski definition) is 4. The Morgan fingerprint density at radius 3 is 2.50 bits per heavy atom. The highest BCUT2D eigenvalue weighted by atomic mass is 16.5. The summed E-state index contributed by atoms with van der Waals surface area (Å²) >= 11 is 0. The molecule has 108 valence electrons. The number of amides is 2. The van der Waals surface area contributed by atoms with Crippen molar-refractivity contribution in [1.29, 1.82) is 0 Å². The molecule has 3 rings (SSSR count). The van der Waals surface area contributed by atoms with Gasteiger partial charge in [-0.05, 0) is 12.8 Å². The van der Waals surface area contributed by atoms with Gasteiger partial charge in [0.05, 0.1) is 12.0 Å².